The fraction of sp³-hybridized carbons (Fsp3) is 0.682. The molecule has 2 aliphatic heterocycles. The van der Waals surface area contributed by atoms with E-state index in [4.69, 9.17) is 16.3 Å². The number of halogens is 2. The highest BCUT2D eigenvalue weighted by molar-refractivity contribution is 14.0. The number of hydrogen-bond donors (Lipinski definition) is 1. The van der Waals surface area contributed by atoms with Crippen LogP contribution in [0.2, 0.25) is 5.02 Å². The van der Waals surface area contributed by atoms with E-state index in [0.717, 1.165) is 62.8 Å². The molecule has 0 unspecified atom stereocenters. The molecule has 2 saturated heterocycles. The summed E-state index contributed by atoms with van der Waals surface area (Å²) in [7, 11) is 3.67. The fourth-order valence-electron chi connectivity index (χ4n) is 4.28. The molecule has 0 saturated carbocycles. The van der Waals surface area contributed by atoms with Crippen molar-refractivity contribution in [1.82, 2.24) is 15.1 Å². The lowest BCUT2D eigenvalue weighted by Crippen LogP contribution is -2.53. The lowest BCUT2D eigenvalue weighted by atomic mass is 9.97. The molecule has 0 aliphatic carbocycles. The zero-order valence-electron chi connectivity index (χ0n) is 18.6. The highest BCUT2D eigenvalue weighted by atomic mass is 127. The number of rotatable bonds is 6. The quantitative estimate of drug-likeness (QED) is 0.335. The normalized spacial score (nSPS) is 19.0. The Bertz CT molecular complexity index is 673. The highest BCUT2D eigenvalue weighted by Crippen LogP contribution is 2.25. The summed E-state index contributed by atoms with van der Waals surface area (Å²) in [5, 5.41) is 4.44. The molecule has 0 amide bonds. The van der Waals surface area contributed by atoms with Crippen LogP contribution in [0, 0.1) is 12.8 Å². The molecule has 1 N–H and O–H groups in total. The van der Waals surface area contributed by atoms with Crippen LogP contribution in [0.15, 0.2) is 23.2 Å². The topological polar surface area (TPSA) is 43.3 Å². The van der Waals surface area contributed by atoms with Crippen molar-refractivity contribution in [2.45, 2.75) is 19.8 Å². The number of piperazine rings is 1. The maximum Gasteiger partial charge on any atom is 0.193 e. The number of methoxy groups -OCH3 is 1. The minimum Gasteiger partial charge on any atom is -0.383 e. The van der Waals surface area contributed by atoms with Crippen LogP contribution in [0.1, 0.15) is 18.4 Å². The predicted molar refractivity (Wildman–Crippen MR) is 138 cm³/mol. The maximum absolute atomic E-state index is 6.21. The largest absolute Gasteiger partial charge is 0.383 e. The van der Waals surface area contributed by atoms with Crippen molar-refractivity contribution < 1.29 is 4.74 Å². The number of benzene rings is 1. The molecule has 0 aromatic heterocycles. The van der Waals surface area contributed by atoms with Crippen LogP contribution in [-0.4, -0.2) is 88.9 Å². The van der Waals surface area contributed by atoms with Crippen molar-refractivity contribution in [3.63, 3.8) is 0 Å². The molecule has 30 heavy (non-hydrogen) atoms. The summed E-state index contributed by atoms with van der Waals surface area (Å²) in [6.07, 6.45) is 2.49. The third kappa shape index (κ3) is 7.14. The van der Waals surface area contributed by atoms with Gasteiger partial charge < -0.3 is 24.8 Å². The second kappa shape index (κ2) is 12.9. The highest BCUT2D eigenvalue weighted by Gasteiger charge is 2.23. The van der Waals surface area contributed by atoms with Gasteiger partial charge in [0.2, 0.25) is 0 Å². The summed E-state index contributed by atoms with van der Waals surface area (Å²) in [6.45, 7) is 11.3. The minimum atomic E-state index is 0. The van der Waals surface area contributed by atoms with E-state index >= 15 is 0 Å². The van der Waals surface area contributed by atoms with E-state index < -0.39 is 0 Å². The van der Waals surface area contributed by atoms with Gasteiger partial charge in [-0.2, -0.15) is 0 Å². The smallest absolute Gasteiger partial charge is 0.193 e. The van der Waals surface area contributed by atoms with E-state index in [9.17, 15) is 0 Å². The molecule has 0 spiro atoms. The van der Waals surface area contributed by atoms with Gasteiger partial charge in [0.25, 0.3) is 0 Å². The van der Waals surface area contributed by atoms with Crippen molar-refractivity contribution in [3.05, 3.63) is 28.8 Å². The van der Waals surface area contributed by atoms with Crippen molar-refractivity contribution in [1.29, 1.82) is 0 Å². The third-order valence-electron chi connectivity index (χ3n) is 6.17. The maximum atomic E-state index is 6.21. The average Bonchev–Trinajstić information content (AvgIpc) is 2.76. The minimum absolute atomic E-state index is 0. The van der Waals surface area contributed by atoms with E-state index in [0.29, 0.717) is 0 Å². The standard InChI is InChI=1S/C22H36ClN5O.HI/c1-18-4-5-20(23)16-21(18)27-10-12-28(13-11-27)22(24-2)25-17-19-6-8-26(9-7-19)14-15-29-3;/h4-5,16,19H,6-15,17H2,1-3H3,(H,24,25);1H. The number of nitrogens with zero attached hydrogens (tertiary/aromatic N) is 4. The van der Waals surface area contributed by atoms with Gasteiger partial charge in [-0.15, -0.1) is 24.0 Å². The summed E-state index contributed by atoms with van der Waals surface area (Å²) in [5.74, 6) is 1.76. The number of hydrogen-bond acceptors (Lipinski definition) is 4. The van der Waals surface area contributed by atoms with E-state index in [1.807, 2.05) is 13.1 Å². The van der Waals surface area contributed by atoms with Crippen LogP contribution < -0.4 is 10.2 Å². The van der Waals surface area contributed by atoms with Crippen LogP contribution in [0.25, 0.3) is 0 Å². The monoisotopic (exact) mass is 549 g/mol. The molecule has 6 nitrogen and oxygen atoms in total. The Morgan fingerprint density at radius 3 is 2.50 bits per heavy atom. The first-order valence-electron chi connectivity index (χ1n) is 10.8. The number of ether oxygens (including phenoxy) is 1. The summed E-state index contributed by atoms with van der Waals surface area (Å²) in [4.78, 5) is 11.9. The second-order valence-electron chi connectivity index (χ2n) is 8.11. The Kier molecular flexibility index (Phi) is 11.0. The van der Waals surface area contributed by atoms with Gasteiger partial charge in [-0.25, -0.2) is 0 Å². The van der Waals surface area contributed by atoms with E-state index in [-0.39, 0.29) is 24.0 Å². The Hall–Kier alpha value is -0.770. The number of likely N-dealkylation sites (tertiary alicyclic amines) is 1. The van der Waals surface area contributed by atoms with Crippen LogP contribution in [0.4, 0.5) is 5.69 Å². The first-order chi connectivity index (χ1) is 14.1. The first-order valence-corrected chi connectivity index (χ1v) is 11.2. The van der Waals surface area contributed by atoms with Crippen molar-refractivity contribution in [2.75, 3.05) is 78.0 Å². The zero-order chi connectivity index (χ0) is 20.6. The van der Waals surface area contributed by atoms with Gasteiger partial charge in [-0.3, -0.25) is 4.99 Å². The molecule has 1 aromatic rings. The summed E-state index contributed by atoms with van der Waals surface area (Å²) in [5.41, 5.74) is 2.53. The SMILES string of the molecule is CN=C(NCC1CCN(CCOC)CC1)N1CCN(c2cc(Cl)ccc2C)CC1.I. The predicted octanol–water partition coefficient (Wildman–Crippen LogP) is 3.32. The van der Waals surface area contributed by atoms with Crippen LogP contribution >= 0.6 is 35.6 Å². The zero-order valence-corrected chi connectivity index (χ0v) is 21.7. The Morgan fingerprint density at radius 1 is 1.17 bits per heavy atom. The molecule has 8 heteroatoms. The molecule has 2 heterocycles. The summed E-state index contributed by atoms with van der Waals surface area (Å²) < 4.78 is 5.19. The van der Waals surface area contributed by atoms with Gasteiger partial charge in [0.15, 0.2) is 5.96 Å². The summed E-state index contributed by atoms with van der Waals surface area (Å²) in [6, 6.07) is 6.15. The Morgan fingerprint density at radius 2 is 1.87 bits per heavy atom. The molecule has 0 radical (unpaired) electrons. The molecule has 0 atom stereocenters. The molecular weight excluding hydrogens is 513 g/mol. The summed E-state index contributed by atoms with van der Waals surface area (Å²) >= 11 is 6.21. The molecule has 0 bridgehead atoms. The number of aliphatic imine (C=N–C) groups is 1. The Balaban J connectivity index is 0.00000320. The number of piperidine rings is 1. The lowest BCUT2D eigenvalue weighted by molar-refractivity contribution is 0.120. The fourth-order valence-corrected chi connectivity index (χ4v) is 4.45. The van der Waals surface area contributed by atoms with Gasteiger partial charge in [0, 0.05) is 64.1 Å². The van der Waals surface area contributed by atoms with Crippen molar-refractivity contribution in [2.24, 2.45) is 10.9 Å². The number of nitrogens with one attached hydrogen (secondary N) is 1. The van der Waals surface area contributed by atoms with Crippen LogP contribution in [-0.2, 0) is 4.74 Å². The van der Waals surface area contributed by atoms with Crippen LogP contribution in [0.3, 0.4) is 0 Å². The molecular formula is C22H37ClIN5O. The molecule has 1 aromatic carbocycles. The number of guanidine groups is 1. The molecule has 2 fully saturated rings. The van der Waals surface area contributed by atoms with E-state index in [1.165, 1.54) is 37.2 Å². The van der Waals surface area contributed by atoms with E-state index in [1.54, 1.807) is 7.11 Å². The van der Waals surface area contributed by atoms with Gasteiger partial charge in [0.05, 0.1) is 6.61 Å². The van der Waals surface area contributed by atoms with Gasteiger partial charge in [-0.05, 0) is 56.5 Å². The molecule has 3 rings (SSSR count). The molecule has 170 valence electrons. The van der Waals surface area contributed by atoms with Crippen LogP contribution in [0.5, 0.6) is 0 Å². The second-order valence-corrected chi connectivity index (χ2v) is 8.55. The molecule has 2 aliphatic rings. The Labute approximate surface area is 204 Å². The van der Waals surface area contributed by atoms with E-state index in [2.05, 4.69) is 44.1 Å². The van der Waals surface area contributed by atoms with Gasteiger partial charge in [-0.1, -0.05) is 17.7 Å². The van der Waals surface area contributed by atoms with Crippen molar-refractivity contribution in [3.8, 4) is 0 Å². The van der Waals surface area contributed by atoms with Gasteiger partial charge >= 0.3 is 0 Å². The van der Waals surface area contributed by atoms with Gasteiger partial charge in [0.1, 0.15) is 0 Å². The number of aryl methyl sites for hydroxylation is 1. The first kappa shape index (κ1) is 25.5. The third-order valence-corrected chi connectivity index (χ3v) is 6.41. The average molecular weight is 550 g/mol. The lowest BCUT2D eigenvalue weighted by Gasteiger charge is -2.39. The number of anilines is 1. The van der Waals surface area contributed by atoms with Crippen molar-refractivity contribution >= 4 is 47.2 Å².